The van der Waals surface area contributed by atoms with Crippen molar-refractivity contribution in [2.75, 3.05) is 23.3 Å². The Labute approximate surface area is 134 Å². The van der Waals surface area contributed by atoms with E-state index < -0.39 is 11.6 Å². The second-order valence-electron chi connectivity index (χ2n) is 6.12. The van der Waals surface area contributed by atoms with Gasteiger partial charge >= 0.3 is 0 Å². The van der Waals surface area contributed by atoms with Crippen LogP contribution in [-0.4, -0.2) is 23.1 Å². The van der Waals surface area contributed by atoms with E-state index in [4.69, 9.17) is 0 Å². The van der Waals surface area contributed by atoms with Gasteiger partial charge in [-0.1, -0.05) is 6.92 Å². The summed E-state index contributed by atoms with van der Waals surface area (Å²) >= 11 is 0. The molecule has 0 unspecified atom stereocenters. The Bertz CT molecular complexity index is 697. The molecule has 0 radical (unpaired) electrons. The van der Waals surface area contributed by atoms with Crippen LogP contribution < -0.4 is 10.2 Å². The van der Waals surface area contributed by atoms with Crippen LogP contribution in [0.2, 0.25) is 0 Å². The summed E-state index contributed by atoms with van der Waals surface area (Å²) in [4.78, 5) is 11.2. The van der Waals surface area contributed by atoms with Gasteiger partial charge in [0.15, 0.2) is 11.6 Å². The maximum Gasteiger partial charge on any atom is 0.227 e. The minimum Gasteiger partial charge on any atom is -0.341 e. The van der Waals surface area contributed by atoms with Crippen molar-refractivity contribution in [3.05, 3.63) is 41.6 Å². The van der Waals surface area contributed by atoms with E-state index in [1.807, 2.05) is 6.92 Å². The Morgan fingerprint density at radius 2 is 1.83 bits per heavy atom. The highest BCUT2D eigenvalue weighted by Crippen LogP contribution is 2.23. The number of piperidine rings is 1. The number of nitrogens with zero attached hydrogens (tertiary/aromatic N) is 3. The summed E-state index contributed by atoms with van der Waals surface area (Å²) in [6.45, 7) is 6.03. The molecule has 2 heterocycles. The molecule has 0 bridgehead atoms. The molecule has 1 N–H and O–H groups in total. The van der Waals surface area contributed by atoms with E-state index in [0.29, 0.717) is 17.5 Å². The van der Waals surface area contributed by atoms with E-state index >= 15 is 0 Å². The monoisotopic (exact) mass is 318 g/mol. The van der Waals surface area contributed by atoms with Gasteiger partial charge in [-0.3, -0.25) is 0 Å². The summed E-state index contributed by atoms with van der Waals surface area (Å²) in [6, 6.07) is 5.49. The lowest BCUT2D eigenvalue weighted by atomic mass is 10.00. The Morgan fingerprint density at radius 3 is 2.52 bits per heavy atom. The van der Waals surface area contributed by atoms with Gasteiger partial charge in [0, 0.05) is 36.6 Å². The van der Waals surface area contributed by atoms with Crippen LogP contribution in [0.15, 0.2) is 24.3 Å². The van der Waals surface area contributed by atoms with Crippen LogP contribution in [0.3, 0.4) is 0 Å². The van der Waals surface area contributed by atoms with Crippen molar-refractivity contribution in [1.29, 1.82) is 0 Å². The number of anilines is 3. The van der Waals surface area contributed by atoms with Crippen LogP contribution in [0.1, 0.15) is 25.5 Å². The van der Waals surface area contributed by atoms with Crippen molar-refractivity contribution < 1.29 is 8.78 Å². The van der Waals surface area contributed by atoms with Gasteiger partial charge in [0.05, 0.1) is 0 Å². The van der Waals surface area contributed by atoms with Crippen molar-refractivity contribution >= 4 is 17.5 Å². The van der Waals surface area contributed by atoms with E-state index in [1.54, 1.807) is 6.07 Å². The number of halogens is 2. The fourth-order valence-electron chi connectivity index (χ4n) is 2.69. The molecule has 1 aromatic heterocycles. The summed E-state index contributed by atoms with van der Waals surface area (Å²) < 4.78 is 26.3. The molecule has 0 spiro atoms. The first-order chi connectivity index (χ1) is 11.0. The SMILES string of the molecule is Cc1cc(Nc2ccc(F)c(F)c2)nc(N2CCC(C)CC2)n1. The van der Waals surface area contributed by atoms with Gasteiger partial charge in [-0.05, 0) is 37.8 Å². The molecule has 122 valence electrons. The van der Waals surface area contributed by atoms with Gasteiger partial charge in [0.2, 0.25) is 5.95 Å². The van der Waals surface area contributed by atoms with E-state index in [0.717, 1.165) is 49.7 Å². The molecule has 0 aliphatic carbocycles. The van der Waals surface area contributed by atoms with Gasteiger partial charge in [0.1, 0.15) is 5.82 Å². The molecule has 1 aromatic carbocycles. The predicted molar refractivity (Wildman–Crippen MR) is 87.0 cm³/mol. The molecule has 1 aliphatic heterocycles. The number of rotatable bonds is 3. The number of aryl methyl sites for hydroxylation is 1. The lowest BCUT2D eigenvalue weighted by molar-refractivity contribution is 0.434. The van der Waals surface area contributed by atoms with Crippen LogP contribution in [0.25, 0.3) is 0 Å². The average Bonchev–Trinajstić information content (AvgIpc) is 2.51. The summed E-state index contributed by atoms with van der Waals surface area (Å²) in [5, 5.41) is 3.02. The second-order valence-corrected chi connectivity index (χ2v) is 6.12. The molecule has 6 heteroatoms. The van der Waals surface area contributed by atoms with Crippen LogP contribution >= 0.6 is 0 Å². The summed E-state index contributed by atoms with van der Waals surface area (Å²) in [6.07, 6.45) is 2.26. The fourth-order valence-corrected chi connectivity index (χ4v) is 2.69. The molecule has 0 amide bonds. The minimum absolute atomic E-state index is 0.459. The zero-order chi connectivity index (χ0) is 16.4. The number of aromatic nitrogens is 2. The van der Waals surface area contributed by atoms with E-state index in [-0.39, 0.29) is 0 Å². The van der Waals surface area contributed by atoms with E-state index in [2.05, 4.69) is 27.1 Å². The van der Waals surface area contributed by atoms with Gasteiger partial charge in [-0.2, -0.15) is 4.98 Å². The molecular weight excluding hydrogens is 298 g/mol. The molecule has 1 saturated heterocycles. The van der Waals surface area contributed by atoms with Crippen molar-refractivity contribution in [2.24, 2.45) is 5.92 Å². The standard InChI is InChI=1S/C17H20F2N4/c1-11-5-7-23(8-6-11)17-20-12(2)9-16(22-17)21-13-3-4-14(18)15(19)10-13/h3-4,9-11H,5-8H2,1-2H3,(H,20,21,22). The number of benzene rings is 1. The van der Waals surface area contributed by atoms with Gasteiger partial charge in [0.25, 0.3) is 0 Å². The molecule has 1 fully saturated rings. The van der Waals surface area contributed by atoms with Crippen LogP contribution in [0.4, 0.5) is 26.2 Å². The molecule has 0 saturated carbocycles. The molecule has 4 nitrogen and oxygen atoms in total. The van der Waals surface area contributed by atoms with Gasteiger partial charge < -0.3 is 10.2 Å². The average molecular weight is 318 g/mol. The zero-order valence-corrected chi connectivity index (χ0v) is 13.3. The smallest absolute Gasteiger partial charge is 0.227 e. The van der Waals surface area contributed by atoms with Crippen LogP contribution in [-0.2, 0) is 0 Å². The lowest BCUT2D eigenvalue weighted by Gasteiger charge is -2.30. The Balaban J connectivity index is 1.81. The highest BCUT2D eigenvalue weighted by molar-refractivity contribution is 5.57. The van der Waals surface area contributed by atoms with Gasteiger partial charge in [-0.25, -0.2) is 13.8 Å². The largest absolute Gasteiger partial charge is 0.341 e. The first-order valence-corrected chi connectivity index (χ1v) is 7.84. The zero-order valence-electron chi connectivity index (χ0n) is 13.3. The molecular formula is C17H20F2N4. The fraction of sp³-hybridized carbons (Fsp3) is 0.412. The molecule has 0 atom stereocenters. The molecule has 3 rings (SSSR count). The molecule has 2 aromatic rings. The second kappa shape index (κ2) is 6.48. The lowest BCUT2D eigenvalue weighted by Crippen LogP contribution is -2.34. The highest BCUT2D eigenvalue weighted by Gasteiger charge is 2.18. The van der Waals surface area contributed by atoms with Crippen molar-refractivity contribution in [2.45, 2.75) is 26.7 Å². The number of hydrogen-bond acceptors (Lipinski definition) is 4. The summed E-state index contributed by atoms with van der Waals surface area (Å²) in [5.74, 6) is 0.249. The molecule has 1 aliphatic rings. The van der Waals surface area contributed by atoms with E-state index in [9.17, 15) is 8.78 Å². The predicted octanol–water partition coefficient (Wildman–Crippen LogP) is 4.04. The van der Waals surface area contributed by atoms with Crippen molar-refractivity contribution in [3.63, 3.8) is 0 Å². The summed E-state index contributed by atoms with van der Waals surface area (Å²) in [5.41, 5.74) is 1.29. The highest BCUT2D eigenvalue weighted by atomic mass is 19.2. The third kappa shape index (κ3) is 3.75. The van der Waals surface area contributed by atoms with Crippen LogP contribution in [0.5, 0.6) is 0 Å². The van der Waals surface area contributed by atoms with Crippen molar-refractivity contribution in [3.8, 4) is 0 Å². The van der Waals surface area contributed by atoms with Crippen molar-refractivity contribution in [1.82, 2.24) is 9.97 Å². The summed E-state index contributed by atoms with van der Waals surface area (Å²) in [7, 11) is 0. The Morgan fingerprint density at radius 1 is 1.09 bits per heavy atom. The normalized spacial score (nSPS) is 15.7. The van der Waals surface area contributed by atoms with Gasteiger partial charge in [-0.15, -0.1) is 0 Å². The van der Waals surface area contributed by atoms with Crippen LogP contribution in [0, 0.1) is 24.5 Å². The minimum atomic E-state index is -0.883. The third-order valence-corrected chi connectivity index (χ3v) is 4.10. The maximum atomic E-state index is 13.3. The first-order valence-electron chi connectivity index (χ1n) is 7.84. The number of nitrogens with one attached hydrogen (secondary N) is 1. The first kappa shape index (κ1) is 15.6. The quantitative estimate of drug-likeness (QED) is 0.927. The van der Waals surface area contributed by atoms with E-state index in [1.165, 1.54) is 6.07 Å². The molecule has 23 heavy (non-hydrogen) atoms. The maximum absolute atomic E-state index is 13.3. The Hall–Kier alpha value is -2.24. The third-order valence-electron chi connectivity index (χ3n) is 4.10. The Kier molecular flexibility index (Phi) is 4.41. The topological polar surface area (TPSA) is 41.1 Å². The number of hydrogen-bond donors (Lipinski definition) is 1.